The number of thioether (sulfide) groups is 1. The number of phosphoric acid groups is 1. The van der Waals surface area contributed by atoms with Crippen molar-refractivity contribution in [1.82, 2.24) is 9.55 Å². The Bertz CT molecular complexity index is 1220. The SMILES string of the molecule is Cc1cn([C@H]2C=C[C@@H](COP(=O)(OCCSC(=O)C(C)(C)C)Oc3ccccc3)O2)c(=O)[nH]c1=O. The van der Waals surface area contributed by atoms with E-state index in [9.17, 15) is 18.9 Å². The van der Waals surface area contributed by atoms with Crippen molar-refractivity contribution < 1.29 is 27.7 Å². The van der Waals surface area contributed by atoms with Crippen LogP contribution in [0.15, 0.2) is 58.3 Å². The van der Waals surface area contributed by atoms with E-state index in [2.05, 4.69) is 4.98 Å². The van der Waals surface area contributed by atoms with E-state index in [0.29, 0.717) is 11.3 Å². The number of rotatable bonds is 10. The lowest BCUT2D eigenvalue weighted by Gasteiger charge is -2.21. The number of phosphoric ester groups is 1. The number of ether oxygens (including phenoxy) is 1. The van der Waals surface area contributed by atoms with Crippen LogP contribution >= 0.6 is 19.6 Å². The number of hydrogen-bond donors (Lipinski definition) is 1. The molecule has 12 heteroatoms. The van der Waals surface area contributed by atoms with Crippen molar-refractivity contribution in [1.29, 1.82) is 0 Å². The molecule has 0 bridgehead atoms. The highest BCUT2D eigenvalue weighted by Crippen LogP contribution is 2.50. The summed E-state index contributed by atoms with van der Waals surface area (Å²) in [6, 6.07) is 8.45. The first kappa shape index (κ1) is 27.2. The molecule has 10 nitrogen and oxygen atoms in total. The van der Waals surface area contributed by atoms with Gasteiger partial charge in [-0.1, -0.05) is 56.8 Å². The van der Waals surface area contributed by atoms with E-state index >= 15 is 0 Å². The van der Waals surface area contributed by atoms with Crippen molar-refractivity contribution in [3.63, 3.8) is 0 Å². The number of hydrogen-bond acceptors (Lipinski definition) is 9. The predicted molar refractivity (Wildman–Crippen MR) is 133 cm³/mol. The van der Waals surface area contributed by atoms with Crippen LogP contribution in [0.3, 0.4) is 0 Å². The van der Waals surface area contributed by atoms with Gasteiger partial charge in [-0.2, -0.15) is 0 Å². The maximum absolute atomic E-state index is 13.3. The molecule has 0 amide bonds. The predicted octanol–water partition coefficient (Wildman–Crippen LogP) is 3.82. The van der Waals surface area contributed by atoms with E-state index in [1.807, 2.05) is 20.8 Å². The van der Waals surface area contributed by atoms with Crippen LogP contribution in [0.1, 0.15) is 32.6 Å². The van der Waals surface area contributed by atoms with E-state index in [4.69, 9.17) is 18.3 Å². The van der Waals surface area contributed by atoms with Crippen LogP contribution in [0, 0.1) is 12.3 Å². The molecule has 3 rings (SSSR count). The Morgan fingerprint density at radius 2 is 1.89 bits per heavy atom. The molecule has 1 aromatic carbocycles. The van der Waals surface area contributed by atoms with Gasteiger partial charge in [0.15, 0.2) is 11.3 Å². The number of carbonyl (C=O) groups is 1. The zero-order valence-corrected chi connectivity index (χ0v) is 21.7. The molecule has 1 N–H and O–H groups in total. The zero-order valence-electron chi connectivity index (χ0n) is 20.0. The second-order valence-electron chi connectivity index (χ2n) is 8.80. The minimum absolute atomic E-state index is 0.0101. The molecule has 3 atom stereocenters. The van der Waals surface area contributed by atoms with E-state index in [-0.39, 0.29) is 24.1 Å². The summed E-state index contributed by atoms with van der Waals surface area (Å²) in [4.78, 5) is 38.0. The first-order valence-electron chi connectivity index (χ1n) is 10.9. The van der Waals surface area contributed by atoms with Gasteiger partial charge in [-0.15, -0.1) is 0 Å². The number of nitrogens with one attached hydrogen (secondary N) is 1. The first-order valence-corrected chi connectivity index (χ1v) is 13.4. The quantitative estimate of drug-likeness (QED) is 0.280. The lowest BCUT2D eigenvalue weighted by Crippen LogP contribution is -2.33. The summed E-state index contributed by atoms with van der Waals surface area (Å²) in [5, 5.41) is -0.0101. The van der Waals surface area contributed by atoms with Gasteiger partial charge in [0.1, 0.15) is 11.9 Å². The molecule has 0 spiro atoms. The van der Waals surface area contributed by atoms with Crippen molar-refractivity contribution >= 4 is 24.7 Å². The standard InChI is InChI=1S/C23H29N2O8PS/c1-16-14-25(22(28)24-20(16)26)19-11-10-18(32-19)15-31-34(29,33-17-8-6-5-7-9-17)30-12-13-35-21(27)23(2,3)4/h5-11,14,18-19H,12-13,15H2,1-4H3,(H,24,26,28)/t18-,19+,34?/m0/s1. The average molecular weight is 525 g/mol. The van der Waals surface area contributed by atoms with E-state index < -0.39 is 36.8 Å². The molecule has 1 aliphatic heterocycles. The second-order valence-corrected chi connectivity index (χ2v) is 11.5. The minimum atomic E-state index is -4.06. The monoisotopic (exact) mass is 524 g/mol. The summed E-state index contributed by atoms with van der Waals surface area (Å²) in [7, 11) is -4.06. The Kier molecular flexibility index (Phi) is 8.95. The van der Waals surface area contributed by atoms with Gasteiger partial charge < -0.3 is 9.26 Å². The Morgan fingerprint density at radius 1 is 1.17 bits per heavy atom. The molecule has 1 aromatic heterocycles. The number of nitrogens with zero attached hydrogens (tertiary/aromatic N) is 1. The van der Waals surface area contributed by atoms with Crippen molar-refractivity contribution in [3.05, 3.63) is 75.1 Å². The van der Waals surface area contributed by atoms with Crippen molar-refractivity contribution in [2.45, 2.75) is 40.0 Å². The van der Waals surface area contributed by atoms with Crippen molar-refractivity contribution in [2.24, 2.45) is 5.41 Å². The molecule has 35 heavy (non-hydrogen) atoms. The third-order valence-corrected chi connectivity index (χ3v) is 7.40. The minimum Gasteiger partial charge on any atom is -0.404 e. The van der Waals surface area contributed by atoms with Crippen LogP contribution in [-0.4, -0.2) is 39.7 Å². The summed E-state index contributed by atoms with van der Waals surface area (Å²) in [6.45, 7) is 6.83. The van der Waals surface area contributed by atoms with Gasteiger partial charge in [0.05, 0.1) is 13.2 Å². The molecule has 1 unspecified atom stereocenters. The molecule has 2 heterocycles. The van der Waals surface area contributed by atoms with Crippen molar-refractivity contribution in [3.8, 4) is 5.75 Å². The highest BCUT2D eigenvalue weighted by Gasteiger charge is 2.32. The van der Waals surface area contributed by atoms with Crippen LogP contribution in [0.2, 0.25) is 0 Å². The molecule has 0 saturated carbocycles. The number of aryl methyl sites for hydroxylation is 1. The van der Waals surface area contributed by atoms with E-state index in [1.54, 1.807) is 49.4 Å². The summed E-state index contributed by atoms with van der Waals surface area (Å²) in [5.74, 6) is 0.572. The van der Waals surface area contributed by atoms with Crippen LogP contribution in [0.25, 0.3) is 0 Å². The van der Waals surface area contributed by atoms with Crippen LogP contribution < -0.4 is 15.8 Å². The van der Waals surface area contributed by atoms with E-state index in [1.165, 1.54) is 10.8 Å². The summed E-state index contributed by atoms with van der Waals surface area (Å²) < 4.78 is 36.9. The van der Waals surface area contributed by atoms with Crippen LogP contribution in [-0.2, 0) is 23.1 Å². The third kappa shape index (κ3) is 7.78. The van der Waals surface area contributed by atoms with Gasteiger partial charge in [-0.3, -0.25) is 28.2 Å². The second kappa shape index (κ2) is 11.5. The lowest BCUT2D eigenvalue weighted by molar-refractivity contribution is -0.117. The topological polar surface area (TPSA) is 126 Å². The summed E-state index contributed by atoms with van der Waals surface area (Å²) in [5.41, 5.74) is -1.22. The first-order chi connectivity index (χ1) is 16.5. The highest BCUT2D eigenvalue weighted by atomic mass is 32.2. The zero-order chi connectivity index (χ0) is 25.6. The fraction of sp³-hybridized carbons (Fsp3) is 0.435. The molecular formula is C23H29N2O8PS. The van der Waals surface area contributed by atoms with Crippen LogP contribution in [0.4, 0.5) is 0 Å². The lowest BCUT2D eigenvalue weighted by atomic mass is 10.00. The Hall–Kier alpha value is -2.43. The van der Waals surface area contributed by atoms with Gasteiger partial charge in [0.2, 0.25) is 0 Å². The largest absolute Gasteiger partial charge is 0.530 e. The molecule has 2 aromatic rings. The van der Waals surface area contributed by atoms with Gasteiger partial charge in [0.25, 0.3) is 5.56 Å². The summed E-state index contributed by atoms with van der Waals surface area (Å²) >= 11 is 1.09. The van der Waals surface area contributed by atoms with Crippen LogP contribution in [0.5, 0.6) is 5.75 Å². The molecular weight excluding hydrogens is 495 g/mol. The van der Waals surface area contributed by atoms with Crippen molar-refractivity contribution in [2.75, 3.05) is 19.0 Å². The van der Waals surface area contributed by atoms with E-state index in [0.717, 1.165) is 11.8 Å². The van der Waals surface area contributed by atoms with Gasteiger partial charge >= 0.3 is 13.5 Å². The fourth-order valence-corrected chi connectivity index (χ4v) is 5.00. The highest BCUT2D eigenvalue weighted by molar-refractivity contribution is 8.13. The molecule has 0 saturated heterocycles. The normalized spacial score (nSPS) is 19.4. The summed E-state index contributed by atoms with van der Waals surface area (Å²) in [6.07, 6.45) is 3.28. The molecule has 0 aliphatic carbocycles. The number of H-pyrrole nitrogens is 1. The number of para-hydroxylation sites is 1. The fourth-order valence-electron chi connectivity index (χ4n) is 2.88. The molecule has 1 aliphatic rings. The number of carbonyl (C=O) groups excluding carboxylic acids is 1. The average Bonchev–Trinajstić information content (AvgIpc) is 3.27. The number of aromatic amines is 1. The van der Waals surface area contributed by atoms with Gasteiger partial charge in [-0.25, -0.2) is 9.36 Å². The number of aromatic nitrogens is 2. The Morgan fingerprint density at radius 3 is 2.57 bits per heavy atom. The number of benzene rings is 1. The molecule has 0 fully saturated rings. The third-order valence-electron chi connectivity index (χ3n) is 4.76. The Balaban J connectivity index is 1.61. The molecule has 190 valence electrons. The maximum Gasteiger partial charge on any atom is 0.530 e. The smallest absolute Gasteiger partial charge is 0.404 e. The van der Waals surface area contributed by atoms with Gasteiger partial charge in [-0.05, 0) is 25.1 Å². The van der Waals surface area contributed by atoms with Gasteiger partial charge in [0, 0.05) is 22.9 Å². The molecule has 0 radical (unpaired) electrons. The maximum atomic E-state index is 13.3. The Labute approximate surface area is 207 Å².